The van der Waals surface area contributed by atoms with E-state index in [9.17, 15) is 18.0 Å². The van der Waals surface area contributed by atoms with Crippen molar-refractivity contribution in [1.29, 1.82) is 0 Å². The van der Waals surface area contributed by atoms with Crippen LogP contribution in [-0.2, 0) is 11.2 Å². The molecule has 1 saturated heterocycles. The Morgan fingerprint density at radius 2 is 2.00 bits per heavy atom. The predicted molar refractivity (Wildman–Crippen MR) is 73.2 cm³/mol. The lowest BCUT2D eigenvalue weighted by atomic mass is 9.98. The Labute approximate surface area is 126 Å². The number of nitrogens with zero attached hydrogens (tertiary/aromatic N) is 1. The first-order valence-electron chi connectivity index (χ1n) is 7.10. The third-order valence-corrected chi connectivity index (χ3v) is 3.64. The van der Waals surface area contributed by atoms with Crippen LogP contribution in [0.25, 0.3) is 0 Å². The summed E-state index contributed by atoms with van der Waals surface area (Å²) in [6.07, 6.45) is -2.83. The molecule has 1 heterocycles. The minimum Gasteiger partial charge on any atom is -0.406 e. The third kappa shape index (κ3) is 4.91. The highest BCUT2D eigenvalue weighted by Gasteiger charge is 2.31. The lowest BCUT2D eigenvalue weighted by molar-refractivity contribution is -0.274. The molecule has 0 aliphatic carbocycles. The fourth-order valence-corrected chi connectivity index (χ4v) is 2.54. The first-order valence-corrected chi connectivity index (χ1v) is 7.10. The molecule has 1 amide bonds. The molecule has 1 unspecified atom stereocenters. The summed E-state index contributed by atoms with van der Waals surface area (Å²) in [5.41, 5.74) is 0.630. The van der Waals surface area contributed by atoms with Crippen LogP contribution >= 0.6 is 0 Å². The largest absolute Gasteiger partial charge is 0.573 e. The van der Waals surface area contributed by atoms with Crippen LogP contribution in [0.5, 0.6) is 5.75 Å². The molecule has 122 valence electrons. The first-order chi connectivity index (χ1) is 10.4. The van der Waals surface area contributed by atoms with Crippen molar-refractivity contribution in [1.82, 2.24) is 4.90 Å². The maximum atomic E-state index is 12.2. The van der Waals surface area contributed by atoms with Crippen molar-refractivity contribution in [2.75, 3.05) is 19.7 Å². The Kier molecular flexibility index (Phi) is 5.28. The fraction of sp³-hybridized carbons (Fsp3) is 0.533. The standard InChI is InChI=1S/C15H18F3NO3/c16-15(17,18)22-13-5-3-11(4-6-13)8-14(21)19-7-1-2-12(9-19)10-20/h3-6,12,20H,1-2,7-10H2. The average molecular weight is 317 g/mol. The van der Waals surface area contributed by atoms with Gasteiger partial charge in [-0.25, -0.2) is 0 Å². The van der Waals surface area contributed by atoms with Crippen molar-refractivity contribution in [3.8, 4) is 5.75 Å². The number of alkyl halides is 3. The molecule has 0 radical (unpaired) electrons. The maximum absolute atomic E-state index is 12.2. The van der Waals surface area contributed by atoms with Gasteiger partial charge in [-0.15, -0.1) is 13.2 Å². The molecule has 4 nitrogen and oxygen atoms in total. The third-order valence-electron chi connectivity index (χ3n) is 3.64. The number of amides is 1. The van der Waals surface area contributed by atoms with Gasteiger partial charge in [0, 0.05) is 19.7 Å². The second-order valence-corrected chi connectivity index (χ2v) is 5.40. The van der Waals surface area contributed by atoms with E-state index in [0.717, 1.165) is 12.8 Å². The monoisotopic (exact) mass is 317 g/mol. The maximum Gasteiger partial charge on any atom is 0.573 e. The molecule has 0 bridgehead atoms. The van der Waals surface area contributed by atoms with E-state index in [1.54, 1.807) is 4.90 Å². The Balaban J connectivity index is 1.91. The molecule has 22 heavy (non-hydrogen) atoms. The van der Waals surface area contributed by atoms with Gasteiger partial charge < -0.3 is 14.7 Å². The zero-order chi connectivity index (χ0) is 16.2. The molecular formula is C15H18F3NO3. The highest BCUT2D eigenvalue weighted by molar-refractivity contribution is 5.78. The number of carbonyl (C=O) groups excluding carboxylic acids is 1. The summed E-state index contributed by atoms with van der Waals surface area (Å²) in [5.74, 6) is -0.273. The van der Waals surface area contributed by atoms with Crippen LogP contribution in [0.3, 0.4) is 0 Å². The summed E-state index contributed by atoms with van der Waals surface area (Å²) in [5, 5.41) is 9.16. The topological polar surface area (TPSA) is 49.8 Å². The number of aliphatic hydroxyl groups excluding tert-OH is 1. The van der Waals surface area contributed by atoms with Crippen LogP contribution in [-0.4, -0.2) is 42.0 Å². The number of hydrogen-bond donors (Lipinski definition) is 1. The number of piperidine rings is 1. The van der Waals surface area contributed by atoms with Crippen LogP contribution in [0, 0.1) is 5.92 Å². The van der Waals surface area contributed by atoms with E-state index in [1.165, 1.54) is 24.3 Å². The summed E-state index contributed by atoms with van der Waals surface area (Å²) in [7, 11) is 0. The second kappa shape index (κ2) is 7.00. The number of rotatable bonds is 4. The minimum atomic E-state index is -4.72. The van der Waals surface area contributed by atoms with Crippen molar-refractivity contribution >= 4 is 5.91 Å². The van der Waals surface area contributed by atoms with Gasteiger partial charge in [0.1, 0.15) is 5.75 Å². The summed E-state index contributed by atoms with van der Waals surface area (Å²) in [6, 6.07) is 5.30. The van der Waals surface area contributed by atoms with Crippen molar-refractivity contribution < 1.29 is 27.8 Å². The highest BCUT2D eigenvalue weighted by Crippen LogP contribution is 2.23. The van der Waals surface area contributed by atoms with Crippen molar-refractivity contribution in [3.05, 3.63) is 29.8 Å². The van der Waals surface area contributed by atoms with E-state index < -0.39 is 6.36 Å². The van der Waals surface area contributed by atoms with Gasteiger partial charge in [-0.05, 0) is 36.5 Å². The van der Waals surface area contributed by atoms with Crippen LogP contribution in [0.4, 0.5) is 13.2 Å². The molecule has 1 N–H and O–H groups in total. The molecule has 1 aliphatic rings. The van der Waals surface area contributed by atoms with Gasteiger partial charge in [0.25, 0.3) is 0 Å². The van der Waals surface area contributed by atoms with E-state index in [4.69, 9.17) is 5.11 Å². The van der Waals surface area contributed by atoms with Crippen LogP contribution in [0.2, 0.25) is 0 Å². The van der Waals surface area contributed by atoms with E-state index in [2.05, 4.69) is 4.74 Å². The van der Waals surface area contributed by atoms with Crippen LogP contribution < -0.4 is 4.74 Å². The van der Waals surface area contributed by atoms with Gasteiger partial charge in [0.2, 0.25) is 5.91 Å². The average Bonchev–Trinajstić information content (AvgIpc) is 2.48. The fourth-order valence-electron chi connectivity index (χ4n) is 2.54. The van der Waals surface area contributed by atoms with Gasteiger partial charge in [-0.1, -0.05) is 12.1 Å². The van der Waals surface area contributed by atoms with E-state index in [0.29, 0.717) is 18.7 Å². The highest BCUT2D eigenvalue weighted by atomic mass is 19.4. The number of ether oxygens (including phenoxy) is 1. The number of likely N-dealkylation sites (tertiary alicyclic amines) is 1. The molecule has 1 fully saturated rings. The molecule has 1 aromatic carbocycles. The van der Waals surface area contributed by atoms with Crippen molar-refractivity contribution in [3.63, 3.8) is 0 Å². The molecule has 1 aromatic rings. The van der Waals surface area contributed by atoms with E-state index in [1.807, 2.05) is 0 Å². The Morgan fingerprint density at radius 1 is 1.32 bits per heavy atom. The van der Waals surface area contributed by atoms with Crippen molar-refractivity contribution in [2.24, 2.45) is 5.92 Å². The Bertz CT molecular complexity index is 502. The molecule has 0 aromatic heterocycles. The smallest absolute Gasteiger partial charge is 0.406 e. The minimum absolute atomic E-state index is 0.0628. The molecule has 0 saturated carbocycles. The number of benzene rings is 1. The number of aliphatic hydroxyl groups is 1. The van der Waals surface area contributed by atoms with Gasteiger partial charge in [-0.3, -0.25) is 4.79 Å². The normalized spacial score (nSPS) is 19.1. The van der Waals surface area contributed by atoms with Gasteiger partial charge in [0.15, 0.2) is 0 Å². The molecular weight excluding hydrogens is 299 g/mol. The zero-order valence-electron chi connectivity index (χ0n) is 12.0. The molecule has 7 heteroatoms. The molecule has 1 atom stereocenters. The molecule has 2 rings (SSSR count). The molecule has 0 spiro atoms. The van der Waals surface area contributed by atoms with Gasteiger partial charge in [0.05, 0.1) is 6.42 Å². The zero-order valence-corrected chi connectivity index (χ0v) is 12.0. The van der Waals surface area contributed by atoms with E-state index >= 15 is 0 Å². The first kappa shape index (κ1) is 16.6. The van der Waals surface area contributed by atoms with Crippen LogP contribution in [0.1, 0.15) is 18.4 Å². The Hall–Kier alpha value is -1.76. The Morgan fingerprint density at radius 3 is 2.59 bits per heavy atom. The quantitative estimate of drug-likeness (QED) is 0.927. The SMILES string of the molecule is O=C(Cc1ccc(OC(F)(F)F)cc1)N1CCCC(CO)C1. The summed E-state index contributed by atoms with van der Waals surface area (Å²) in [4.78, 5) is 13.9. The number of hydrogen-bond acceptors (Lipinski definition) is 3. The molecule has 1 aliphatic heterocycles. The summed E-state index contributed by atoms with van der Waals surface area (Å²) in [6.45, 7) is 1.25. The lowest BCUT2D eigenvalue weighted by Gasteiger charge is -2.32. The van der Waals surface area contributed by atoms with Gasteiger partial charge >= 0.3 is 6.36 Å². The van der Waals surface area contributed by atoms with Crippen LogP contribution in [0.15, 0.2) is 24.3 Å². The summed E-state index contributed by atoms with van der Waals surface area (Å²) < 4.78 is 40.0. The predicted octanol–water partition coefficient (Wildman–Crippen LogP) is 2.36. The lowest BCUT2D eigenvalue weighted by Crippen LogP contribution is -2.41. The number of carbonyl (C=O) groups is 1. The summed E-state index contributed by atoms with van der Waals surface area (Å²) >= 11 is 0. The number of halogens is 3. The second-order valence-electron chi connectivity index (χ2n) is 5.40. The van der Waals surface area contributed by atoms with Crippen molar-refractivity contribution in [2.45, 2.75) is 25.6 Å². The van der Waals surface area contributed by atoms with E-state index in [-0.39, 0.29) is 30.6 Å². The van der Waals surface area contributed by atoms with Gasteiger partial charge in [-0.2, -0.15) is 0 Å².